The van der Waals surface area contributed by atoms with Crippen LogP contribution < -0.4 is 5.73 Å². The second-order valence-electron chi connectivity index (χ2n) is 7.62. The van der Waals surface area contributed by atoms with Crippen molar-refractivity contribution in [2.75, 3.05) is 32.9 Å². The lowest BCUT2D eigenvalue weighted by Crippen LogP contribution is -2.76. The highest BCUT2D eigenvalue weighted by atomic mass is 16.5. The molecule has 1 aliphatic carbocycles. The molecule has 5 heteroatoms. The fraction of sp³-hybridized carbons (Fsp3) is 0.938. The summed E-state index contributed by atoms with van der Waals surface area (Å²) in [5.41, 5.74) is 5.62. The zero-order valence-corrected chi connectivity index (χ0v) is 13.5. The Morgan fingerprint density at radius 3 is 2.76 bits per heavy atom. The van der Waals surface area contributed by atoms with Crippen LogP contribution in [-0.2, 0) is 14.3 Å². The number of carbonyl (C=O) groups is 1. The molecule has 0 aromatic heterocycles. The molecule has 3 aliphatic rings. The van der Waals surface area contributed by atoms with Crippen molar-refractivity contribution in [2.24, 2.45) is 16.6 Å². The fourth-order valence-electron chi connectivity index (χ4n) is 4.16. The molecule has 2 saturated heterocycles. The molecular weight excluding hydrogens is 268 g/mol. The second-order valence-corrected chi connectivity index (χ2v) is 7.62. The van der Waals surface area contributed by atoms with Crippen LogP contribution in [-0.4, -0.2) is 55.4 Å². The fourth-order valence-corrected chi connectivity index (χ4v) is 4.16. The zero-order chi connectivity index (χ0) is 15.3. The minimum atomic E-state index is -0.780. The van der Waals surface area contributed by atoms with Gasteiger partial charge in [0, 0.05) is 43.6 Å². The number of carbonyl (C=O) groups excluding carboxylic acids is 1. The van der Waals surface area contributed by atoms with Crippen molar-refractivity contribution < 1.29 is 14.3 Å². The van der Waals surface area contributed by atoms with E-state index in [-0.39, 0.29) is 22.8 Å². The van der Waals surface area contributed by atoms with Gasteiger partial charge in [-0.2, -0.15) is 0 Å². The lowest BCUT2D eigenvalue weighted by molar-refractivity contribution is -0.178. The van der Waals surface area contributed by atoms with E-state index < -0.39 is 5.54 Å². The SMILES string of the molecule is CCOC1CC(N)(C(=O)N2CCC3(CCOC3)C2)C1(C)C. The van der Waals surface area contributed by atoms with Crippen molar-refractivity contribution in [2.45, 2.75) is 51.7 Å². The first-order valence-electron chi connectivity index (χ1n) is 8.12. The molecular formula is C16H28N2O3. The van der Waals surface area contributed by atoms with Gasteiger partial charge in [-0.15, -0.1) is 0 Å². The number of rotatable bonds is 3. The van der Waals surface area contributed by atoms with Gasteiger partial charge in [0.25, 0.3) is 0 Å². The van der Waals surface area contributed by atoms with Crippen LogP contribution >= 0.6 is 0 Å². The van der Waals surface area contributed by atoms with Crippen LogP contribution in [0.2, 0.25) is 0 Å². The molecule has 0 radical (unpaired) electrons. The van der Waals surface area contributed by atoms with Gasteiger partial charge in [0.05, 0.1) is 12.7 Å². The third kappa shape index (κ3) is 2.13. The molecule has 1 amide bonds. The predicted molar refractivity (Wildman–Crippen MR) is 79.8 cm³/mol. The van der Waals surface area contributed by atoms with Gasteiger partial charge in [-0.1, -0.05) is 13.8 Å². The van der Waals surface area contributed by atoms with Crippen LogP contribution in [0.4, 0.5) is 0 Å². The molecule has 3 rings (SSSR count). The summed E-state index contributed by atoms with van der Waals surface area (Å²) in [6, 6.07) is 0. The van der Waals surface area contributed by atoms with Crippen molar-refractivity contribution in [3.63, 3.8) is 0 Å². The monoisotopic (exact) mass is 296 g/mol. The van der Waals surface area contributed by atoms with Gasteiger partial charge in [0.15, 0.2) is 0 Å². The lowest BCUT2D eigenvalue weighted by Gasteiger charge is -2.58. The van der Waals surface area contributed by atoms with Crippen LogP contribution in [0, 0.1) is 10.8 Å². The highest BCUT2D eigenvalue weighted by Gasteiger charge is 2.64. The number of likely N-dealkylation sites (tertiary alicyclic amines) is 1. The summed E-state index contributed by atoms with van der Waals surface area (Å²) < 4.78 is 11.3. The number of nitrogens with two attached hydrogens (primary N) is 1. The Hall–Kier alpha value is -0.650. The molecule has 2 aliphatic heterocycles. The third-order valence-corrected chi connectivity index (χ3v) is 6.12. The number of nitrogens with zero attached hydrogens (tertiary/aromatic N) is 1. The van der Waals surface area contributed by atoms with E-state index in [9.17, 15) is 4.79 Å². The van der Waals surface area contributed by atoms with Gasteiger partial charge in [-0.3, -0.25) is 4.79 Å². The summed E-state index contributed by atoms with van der Waals surface area (Å²) in [4.78, 5) is 14.9. The highest BCUT2D eigenvalue weighted by Crippen LogP contribution is 2.51. The summed E-state index contributed by atoms with van der Waals surface area (Å²) in [6.45, 7) is 10.0. The first-order chi connectivity index (χ1) is 9.85. The minimum absolute atomic E-state index is 0.0860. The van der Waals surface area contributed by atoms with Gasteiger partial charge in [-0.05, 0) is 19.8 Å². The molecule has 2 N–H and O–H groups in total. The van der Waals surface area contributed by atoms with E-state index in [1.54, 1.807) is 0 Å². The van der Waals surface area contributed by atoms with Crippen molar-refractivity contribution in [1.82, 2.24) is 4.90 Å². The molecule has 1 spiro atoms. The Bertz CT molecular complexity index is 431. The van der Waals surface area contributed by atoms with E-state index >= 15 is 0 Å². The molecule has 5 nitrogen and oxygen atoms in total. The minimum Gasteiger partial charge on any atom is -0.381 e. The van der Waals surface area contributed by atoms with Crippen molar-refractivity contribution in [1.29, 1.82) is 0 Å². The molecule has 3 fully saturated rings. The quantitative estimate of drug-likeness (QED) is 0.849. The maximum atomic E-state index is 13.0. The summed E-state index contributed by atoms with van der Waals surface area (Å²) >= 11 is 0. The normalized spacial score (nSPS) is 41.5. The number of ether oxygens (including phenoxy) is 2. The van der Waals surface area contributed by atoms with E-state index in [0.717, 1.165) is 39.1 Å². The third-order valence-electron chi connectivity index (χ3n) is 6.12. The second kappa shape index (κ2) is 4.93. The van der Waals surface area contributed by atoms with Gasteiger partial charge in [-0.25, -0.2) is 0 Å². The van der Waals surface area contributed by atoms with E-state index in [1.807, 2.05) is 11.8 Å². The van der Waals surface area contributed by atoms with Crippen LogP contribution in [0.15, 0.2) is 0 Å². The van der Waals surface area contributed by atoms with Crippen LogP contribution in [0.1, 0.15) is 40.0 Å². The van der Waals surface area contributed by atoms with Crippen LogP contribution in [0.3, 0.4) is 0 Å². The van der Waals surface area contributed by atoms with Crippen LogP contribution in [0.25, 0.3) is 0 Å². The van der Waals surface area contributed by atoms with E-state index in [2.05, 4.69) is 13.8 Å². The smallest absolute Gasteiger partial charge is 0.243 e. The van der Waals surface area contributed by atoms with E-state index in [4.69, 9.17) is 15.2 Å². The standard InChI is InChI=1S/C16H28N2O3/c1-4-21-12-9-16(17,14(12,2)3)13(19)18-7-5-15(10-18)6-8-20-11-15/h12H,4-11,17H2,1-3H3. The molecule has 2 heterocycles. The number of hydrogen-bond acceptors (Lipinski definition) is 4. The summed E-state index contributed by atoms with van der Waals surface area (Å²) in [6.07, 6.45) is 2.83. The van der Waals surface area contributed by atoms with Gasteiger partial charge >= 0.3 is 0 Å². The van der Waals surface area contributed by atoms with Crippen LogP contribution in [0.5, 0.6) is 0 Å². The average molecular weight is 296 g/mol. The first kappa shape index (κ1) is 15.3. The maximum absolute atomic E-state index is 13.0. The summed E-state index contributed by atoms with van der Waals surface area (Å²) in [5.74, 6) is 0.104. The summed E-state index contributed by atoms with van der Waals surface area (Å²) in [5, 5.41) is 0. The Kier molecular flexibility index (Phi) is 3.58. The highest BCUT2D eigenvalue weighted by molar-refractivity contribution is 5.89. The molecule has 1 saturated carbocycles. The molecule has 120 valence electrons. The molecule has 0 bridgehead atoms. The first-order valence-corrected chi connectivity index (χ1v) is 8.12. The molecule has 21 heavy (non-hydrogen) atoms. The maximum Gasteiger partial charge on any atom is 0.243 e. The molecule has 0 aromatic rings. The molecule has 3 atom stereocenters. The van der Waals surface area contributed by atoms with Crippen molar-refractivity contribution >= 4 is 5.91 Å². The lowest BCUT2D eigenvalue weighted by atomic mass is 9.54. The number of hydrogen-bond donors (Lipinski definition) is 1. The Balaban J connectivity index is 1.69. The molecule has 0 aromatic carbocycles. The average Bonchev–Trinajstić information content (AvgIpc) is 3.08. The predicted octanol–water partition coefficient (Wildman–Crippen LogP) is 1.16. The van der Waals surface area contributed by atoms with E-state index in [1.165, 1.54) is 0 Å². The Labute approximate surface area is 127 Å². The Morgan fingerprint density at radius 2 is 2.19 bits per heavy atom. The van der Waals surface area contributed by atoms with Crippen molar-refractivity contribution in [3.05, 3.63) is 0 Å². The van der Waals surface area contributed by atoms with Gasteiger partial charge in [0.2, 0.25) is 5.91 Å². The van der Waals surface area contributed by atoms with E-state index in [0.29, 0.717) is 13.0 Å². The largest absolute Gasteiger partial charge is 0.381 e. The van der Waals surface area contributed by atoms with Gasteiger partial charge in [0.1, 0.15) is 5.54 Å². The summed E-state index contributed by atoms with van der Waals surface area (Å²) in [7, 11) is 0. The Morgan fingerprint density at radius 1 is 1.43 bits per heavy atom. The van der Waals surface area contributed by atoms with Gasteiger partial charge < -0.3 is 20.1 Å². The topological polar surface area (TPSA) is 64.8 Å². The zero-order valence-electron chi connectivity index (χ0n) is 13.5. The number of amides is 1. The van der Waals surface area contributed by atoms with Crippen molar-refractivity contribution in [3.8, 4) is 0 Å². The molecule has 3 unspecified atom stereocenters.